The van der Waals surface area contributed by atoms with Crippen molar-refractivity contribution in [2.24, 2.45) is 5.41 Å². The minimum absolute atomic E-state index is 0.0116. The van der Waals surface area contributed by atoms with Gasteiger partial charge < -0.3 is 14.6 Å². The van der Waals surface area contributed by atoms with Crippen LogP contribution < -0.4 is 13.8 Å². The predicted molar refractivity (Wildman–Crippen MR) is 135 cm³/mol. The summed E-state index contributed by atoms with van der Waals surface area (Å²) < 4.78 is 93.8. The molecule has 0 radical (unpaired) electrons. The van der Waals surface area contributed by atoms with Gasteiger partial charge in [0.25, 0.3) is 10.0 Å². The number of hydrogen-bond acceptors (Lipinski definition) is 5. The van der Waals surface area contributed by atoms with E-state index in [1.165, 1.54) is 51.3 Å². The van der Waals surface area contributed by atoms with Crippen LogP contribution in [0.1, 0.15) is 25.8 Å². The van der Waals surface area contributed by atoms with Crippen LogP contribution in [0.2, 0.25) is 0 Å². The second-order valence-corrected chi connectivity index (χ2v) is 11.6. The smallest absolute Gasteiger partial charge is 0.416 e. The van der Waals surface area contributed by atoms with Gasteiger partial charge in [-0.3, -0.25) is 9.10 Å². The Morgan fingerprint density at radius 2 is 1.79 bits per heavy atom. The quantitative estimate of drug-likeness (QED) is 0.354. The maximum absolute atomic E-state index is 14.2. The standard InChI is InChI=1S/C27H25F4NO6S/c1-26(2,25(33)34)14-21-15-32(39(35,36)22-6-4-5-18(12-22)27(29,30)31)23-11-16(7-8-24(23)38-21)17-9-19(28)13-20(10-17)37-3/h4-13,21H,14-15H2,1-3H3,(H,33,34). The van der Waals surface area contributed by atoms with Crippen molar-refractivity contribution in [3.63, 3.8) is 0 Å². The molecule has 0 saturated carbocycles. The molecule has 0 saturated heterocycles. The topological polar surface area (TPSA) is 93.1 Å². The Labute approximate surface area is 222 Å². The van der Waals surface area contributed by atoms with Gasteiger partial charge in [0.2, 0.25) is 0 Å². The number of aliphatic carboxylic acids is 1. The van der Waals surface area contributed by atoms with Crippen molar-refractivity contribution in [3.8, 4) is 22.6 Å². The molecule has 1 heterocycles. The number of fused-ring (bicyclic) bond motifs is 1. The summed E-state index contributed by atoms with van der Waals surface area (Å²) >= 11 is 0. The Morgan fingerprint density at radius 3 is 2.44 bits per heavy atom. The van der Waals surface area contributed by atoms with Crippen molar-refractivity contribution in [1.82, 2.24) is 0 Å². The molecule has 7 nitrogen and oxygen atoms in total. The van der Waals surface area contributed by atoms with Crippen LogP contribution >= 0.6 is 0 Å². The summed E-state index contributed by atoms with van der Waals surface area (Å²) in [4.78, 5) is 11.1. The first-order valence-electron chi connectivity index (χ1n) is 11.7. The Balaban J connectivity index is 1.85. The fourth-order valence-corrected chi connectivity index (χ4v) is 5.83. The molecule has 0 fully saturated rings. The Bertz CT molecular complexity index is 1520. The highest BCUT2D eigenvalue weighted by Crippen LogP contribution is 2.42. The van der Waals surface area contributed by atoms with Gasteiger partial charge in [0.15, 0.2) is 0 Å². The first-order valence-corrected chi connectivity index (χ1v) is 13.1. The summed E-state index contributed by atoms with van der Waals surface area (Å²) in [5.41, 5.74) is -1.66. The van der Waals surface area contributed by atoms with E-state index in [2.05, 4.69) is 0 Å². The van der Waals surface area contributed by atoms with Gasteiger partial charge in [0, 0.05) is 12.5 Å². The van der Waals surface area contributed by atoms with Gasteiger partial charge in [-0.25, -0.2) is 12.8 Å². The van der Waals surface area contributed by atoms with E-state index in [1.807, 2.05) is 0 Å². The molecular formula is C27H25F4NO6S. The molecule has 3 aromatic carbocycles. The van der Waals surface area contributed by atoms with Gasteiger partial charge in [-0.1, -0.05) is 12.1 Å². The maximum Gasteiger partial charge on any atom is 0.416 e. The van der Waals surface area contributed by atoms with Crippen molar-refractivity contribution >= 4 is 21.7 Å². The number of benzene rings is 3. The number of alkyl halides is 3. The van der Waals surface area contributed by atoms with Gasteiger partial charge in [-0.05, 0) is 67.4 Å². The molecule has 39 heavy (non-hydrogen) atoms. The van der Waals surface area contributed by atoms with Crippen LogP contribution in [0, 0.1) is 11.2 Å². The highest BCUT2D eigenvalue weighted by molar-refractivity contribution is 7.92. The molecule has 0 bridgehead atoms. The molecule has 1 N–H and O–H groups in total. The van der Waals surface area contributed by atoms with Crippen molar-refractivity contribution in [3.05, 3.63) is 72.0 Å². The largest absolute Gasteiger partial charge is 0.497 e. The molecular weight excluding hydrogens is 542 g/mol. The number of ether oxygens (including phenoxy) is 2. The zero-order chi connectivity index (χ0) is 28.8. The lowest BCUT2D eigenvalue weighted by atomic mass is 9.86. The summed E-state index contributed by atoms with van der Waals surface area (Å²) in [6, 6.07) is 11.7. The number of rotatable bonds is 7. The number of anilines is 1. The number of carbonyl (C=O) groups is 1. The van der Waals surface area contributed by atoms with Gasteiger partial charge in [-0.2, -0.15) is 13.2 Å². The molecule has 0 spiro atoms. The zero-order valence-corrected chi connectivity index (χ0v) is 21.9. The maximum atomic E-state index is 14.2. The number of carboxylic acids is 1. The Hall–Kier alpha value is -3.80. The number of nitrogens with zero attached hydrogens (tertiary/aromatic N) is 1. The summed E-state index contributed by atoms with van der Waals surface area (Å²) in [6.45, 7) is 2.55. The minimum atomic E-state index is -4.77. The van der Waals surface area contributed by atoms with Crippen molar-refractivity contribution < 1.29 is 45.4 Å². The van der Waals surface area contributed by atoms with Gasteiger partial charge in [0.05, 0.1) is 35.2 Å². The van der Waals surface area contributed by atoms with Crippen LogP contribution in [0.3, 0.4) is 0 Å². The first-order chi connectivity index (χ1) is 18.1. The van der Waals surface area contributed by atoms with E-state index in [-0.39, 0.29) is 30.2 Å². The second-order valence-electron chi connectivity index (χ2n) is 9.76. The molecule has 1 atom stereocenters. The average molecular weight is 568 g/mol. The van der Waals surface area contributed by atoms with Gasteiger partial charge in [-0.15, -0.1) is 0 Å². The Kier molecular flexibility index (Phi) is 7.28. The van der Waals surface area contributed by atoms with E-state index in [1.54, 1.807) is 6.07 Å². The van der Waals surface area contributed by atoms with Crippen LogP contribution in [0.4, 0.5) is 23.2 Å². The highest BCUT2D eigenvalue weighted by atomic mass is 32.2. The second kappa shape index (κ2) is 10.1. The molecule has 12 heteroatoms. The molecule has 0 aliphatic carbocycles. The number of carboxylic acid groups (broad SMARTS) is 1. The van der Waals surface area contributed by atoms with Crippen LogP contribution in [0.25, 0.3) is 11.1 Å². The SMILES string of the molecule is COc1cc(F)cc(-c2ccc3c(c2)N(S(=O)(=O)c2cccc(C(F)(F)F)c2)CC(CC(C)(C)C(=O)O)O3)c1. The molecule has 4 rings (SSSR count). The number of methoxy groups -OCH3 is 1. The molecule has 1 aliphatic heterocycles. The van der Waals surface area contributed by atoms with Crippen molar-refractivity contribution in [1.29, 1.82) is 0 Å². The number of halogens is 4. The molecule has 0 amide bonds. The Morgan fingerprint density at radius 1 is 1.08 bits per heavy atom. The summed E-state index contributed by atoms with van der Waals surface area (Å²) in [6.07, 6.45) is -5.78. The molecule has 1 unspecified atom stereocenters. The molecule has 208 valence electrons. The van der Waals surface area contributed by atoms with Gasteiger partial charge in [0.1, 0.15) is 23.4 Å². The fraction of sp³-hybridized carbons (Fsp3) is 0.296. The van der Waals surface area contributed by atoms with Crippen molar-refractivity contribution in [2.45, 2.75) is 37.4 Å². The average Bonchev–Trinajstić information content (AvgIpc) is 2.86. The minimum Gasteiger partial charge on any atom is -0.497 e. The third-order valence-corrected chi connectivity index (χ3v) is 8.17. The third-order valence-electron chi connectivity index (χ3n) is 6.40. The summed E-state index contributed by atoms with van der Waals surface area (Å²) in [5, 5.41) is 9.57. The van der Waals surface area contributed by atoms with E-state index in [9.17, 15) is 35.9 Å². The van der Waals surface area contributed by atoms with E-state index >= 15 is 0 Å². The van der Waals surface area contributed by atoms with Crippen LogP contribution in [0.15, 0.2) is 65.6 Å². The molecule has 3 aromatic rings. The van der Waals surface area contributed by atoms with Crippen LogP contribution in [0.5, 0.6) is 11.5 Å². The molecule has 0 aromatic heterocycles. The van der Waals surface area contributed by atoms with E-state index in [4.69, 9.17) is 9.47 Å². The lowest BCUT2D eigenvalue weighted by Gasteiger charge is -2.38. The normalized spacial score (nSPS) is 15.9. The predicted octanol–water partition coefficient (Wildman–Crippen LogP) is 5.98. The fourth-order valence-electron chi connectivity index (χ4n) is 4.29. The summed E-state index contributed by atoms with van der Waals surface area (Å²) in [7, 11) is -3.22. The van der Waals surface area contributed by atoms with Crippen LogP contribution in [-0.2, 0) is 21.0 Å². The van der Waals surface area contributed by atoms with E-state index in [0.29, 0.717) is 17.2 Å². The van der Waals surface area contributed by atoms with Crippen molar-refractivity contribution in [2.75, 3.05) is 18.0 Å². The summed E-state index contributed by atoms with van der Waals surface area (Å²) in [5.74, 6) is -1.42. The molecule has 1 aliphatic rings. The third kappa shape index (κ3) is 5.80. The number of hydrogen-bond donors (Lipinski definition) is 1. The monoisotopic (exact) mass is 567 g/mol. The van der Waals surface area contributed by atoms with Gasteiger partial charge >= 0.3 is 12.1 Å². The van der Waals surface area contributed by atoms with E-state index < -0.39 is 50.0 Å². The highest BCUT2D eigenvalue weighted by Gasteiger charge is 2.40. The lowest BCUT2D eigenvalue weighted by Crippen LogP contribution is -2.46. The lowest BCUT2D eigenvalue weighted by molar-refractivity contribution is -0.148. The van der Waals surface area contributed by atoms with Crippen LogP contribution in [-0.4, -0.2) is 39.3 Å². The number of sulfonamides is 1. The first kappa shape index (κ1) is 28.2. The van der Waals surface area contributed by atoms with E-state index in [0.717, 1.165) is 22.5 Å². The zero-order valence-electron chi connectivity index (χ0n) is 21.1.